The molecule has 0 bridgehead atoms. The highest BCUT2D eigenvalue weighted by Gasteiger charge is 2.29. The molecule has 32 heavy (non-hydrogen) atoms. The van der Waals surface area contributed by atoms with Crippen LogP contribution in [0.1, 0.15) is 17.5 Å². The number of morpholine rings is 1. The van der Waals surface area contributed by atoms with Gasteiger partial charge in [0.1, 0.15) is 6.04 Å². The number of carbonyl (C=O) groups excluding carboxylic acids is 1. The van der Waals surface area contributed by atoms with Gasteiger partial charge in [-0.3, -0.25) is 9.69 Å². The molecule has 3 N–H and O–H groups in total. The second kappa shape index (κ2) is 9.92. The Bertz CT molecular complexity index is 1050. The molecule has 2 aliphatic rings. The Morgan fingerprint density at radius 3 is 2.59 bits per heavy atom. The van der Waals surface area contributed by atoms with Gasteiger partial charge >= 0.3 is 5.97 Å². The molecule has 168 valence electrons. The van der Waals surface area contributed by atoms with Gasteiger partial charge in [0, 0.05) is 54.1 Å². The third kappa shape index (κ3) is 5.42. The van der Waals surface area contributed by atoms with Crippen LogP contribution in [0.4, 0.5) is 11.4 Å². The van der Waals surface area contributed by atoms with Crippen molar-refractivity contribution in [3.8, 4) is 0 Å². The summed E-state index contributed by atoms with van der Waals surface area (Å²) in [5, 5.41) is 16.0. The molecule has 1 unspecified atom stereocenters. The molecule has 9 heteroatoms. The molecule has 4 rings (SSSR count). The van der Waals surface area contributed by atoms with E-state index in [0.29, 0.717) is 32.6 Å². The minimum Gasteiger partial charge on any atom is -0.480 e. The number of nitrogens with zero attached hydrogens (tertiary/aromatic N) is 1. The Labute approximate surface area is 195 Å². The van der Waals surface area contributed by atoms with E-state index in [9.17, 15) is 14.7 Å². The highest BCUT2D eigenvalue weighted by atomic mass is 35.5. The summed E-state index contributed by atoms with van der Waals surface area (Å²) in [4.78, 5) is 26.6. The smallest absolute Gasteiger partial charge is 0.326 e. The van der Waals surface area contributed by atoms with Gasteiger partial charge in [-0.25, -0.2) is 4.79 Å². The summed E-state index contributed by atoms with van der Waals surface area (Å²) in [6, 6.07) is 9.98. The third-order valence-corrected chi connectivity index (χ3v) is 5.98. The van der Waals surface area contributed by atoms with Crippen molar-refractivity contribution >= 4 is 52.0 Å². The first-order valence-electron chi connectivity index (χ1n) is 10.3. The summed E-state index contributed by atoms with van der Waals surface area (Å²) in [6.07, 6.45) is 1.52. The normalized spacial score (nSPS) is 19.8. The van der Waals surface area contributed by atoms with Crippen LogP contribution in [0.25, 0.3) is 5.57 Å². The van der Waals surface area contributed by atoms with Crippen LogP contribution in [-0.4, -0.2) is 54.2 Å². The molecule has 2 heterocycles. The molecule has 0 spiro atoms. The van der Waals surface area contributed by atoms with Crippen molar-refractivity contribution in [2.24, 2.45) is 0 Å². The van der Waals surface area contributed by atoms with Crippen LogP contribution in [0.3, 0.4) is 0 Å². The van der Waals surface area contributed by atoms with E-state index in [1.165, 1.54) is 6.08 Å². The summed E-state index contributed by atoms with van der Waals surface area (Å²) in [5.41, 5.74) is 3.43. The fourth-order valence-electron chi connectivity index (χ4n) is 3.90. The Kier molecular flexibility index (Phi) is 7.01. The summed E-state index contributed by atoms with van der Waals surface area (Å²) in [7, 11) is 0. The van der Waals surface area contributed by atoms with Gasteiger partial charge in [-0.2, -0.15) is 0 Å². The van der Waals surface area contributed by atoms with Crippen molar-refractivity contribution in [3.05, 3.63) is 63.6 Å². The van der Waals surface area contributed by atoms with Crippen LogP contribution in [0.15, 0.2) is 42.5 Å². The van der Waals surface area contributed by atoms with Crippen LogP contribution in [0.5, 0.6) is 0 Å². The molecule has 0 radical (unpaired) electrons. The lowest BCUT2D eigenvalue weighted by Crippen LogP contribution is -2.35. The number of fused-ring (bicyclic) bond motifs is 1. The molecule has 2 aromatic carbocycles. The number of aliphatic carboxylic acids is 1. The number of halogens is 2. The average Bonchev–Trinajstić information content (AvgIpc) is 2.75. The number of benzene rings is 2. The van der Waals surface area contributed by atoms with E-state index in [1.54, 1.807) is 12.1 Å². The van der Waals surface area contributed by atoms with Gasteiger partial charge in [0.25, 0.3) is 0 Å². The molecule has 0 saturated carbocycles. The number of nitrogens with one attached hydrogen (secondary N) is 2. The van der Waals surface area contributed by atoms with E-state index >= 15 is 0 Å². The maximum atomic E-state index is 12.7. The number of rotatable bonds is 5. The third-order valence-electron chi connectivity index (χ3n) is 5.46. The summed E-state index contributed by atoms with van der Waals surface area (Å²) >= 11 is 12.4. The number of amides is 1. The van der Waals surface area contributed by atoms with E-state index < -0.39 is 12.0 Å². The number of hydrogen-bond acceptors (Lipinski definition) is 5. The maximum Gasteiger partial charge on any atom is 0.326 e. The molecular formula is C23H23Cl2N3O4. The Morgan fingerprint density at radius 1 is 1.19 bits per heavy atom. The largest absolute Gasteiger partial charge is 0.480 e. The van der Waals surface area contributed by atoms with Crippen LogP contribution in [0.2, 0.25) is 10.0 Å². The monoisotopic (exact) mass is 475 g/mol. The quantitative estimate of drug-likeness (QED) is 0.563. The molecule has 1 atom stereocenters. The average molecular weight is 476 g/mol. The number of hydrogen-bond donors (Lipinski definition) is 3. The molecule has 1 fully saturated rings. The molecule has 1 amide bonds. The summed E-state index contributed by atoms with van der Waals surface area (Å²) in [6.45, 7) is 4.16. The fraction of sp³-hybridized carbons (Fsp3) is 0.304. The second-order valence-electron chi connectivity index (χ2n) is 7.79. The highest BCUT2D eigenvalue weighted by Crippen LogP contribution is 2.40. The fourth-order valence-corrected chi connectivity index (χ4v) is 4.52. The number of carboxylic acids is 1. The van der Waals surface area contributed by atoms with E-state index in [1.807, 2.05) is 24.3 Å². The first-order chi connectivity index (χ1) is 15.4. The van der Waals surface area contributed by atoms with Crippen LogP contribution < -0.4 is 10.6 Å². The van der Waals surface area contributed by atoms with E-state index in [2.05, 4.69) is 15.5 Å². The molecular weight excluding hydrogens is 453 g/mol. The van der Waals surface area contributed by atoms with Gasteiger partial charge in [0.15, 0.2) is 0 Å². The van der Waals surface area contributed by atoms with Crippen molar-refractivity contribution in [2.75, 3.05) is 36.9 Å². The molecule has 2 aromatic rings. The predicted octanol–water partition coefficient (Wildman–Crippen LogP) is 4.12. The first kappa shape index (κ1) is 22.6. The first-order valence-corrected chi connectivity index (χ1v) is 11.0. The van der Waals surface area contributed by atoms with Crippen molar-refractivity contribution in [3.63, 3.8) is 0 Å². The van der Waals surface area contributed by atoms with Gasteiger partial charge in [-0.1, -0.05) is 35.3 Å². The predicted molar refractivity (Wildman–Crippen MR) is 125 cm³/mol. The van der Waals surface area contributed by atoms with Crippen molar-refractivity contribution in [1.29, 1.82) is 0 Å². The van der Waals surface area contributed by atoms with E-state index in [4.69, 9.17) is 27.9 Å². The lowest BCUT2D eigenvalue weighted by molar-refractivity contribution is -0.137. The Balaban J connectivity index is 1.48. The minimum absolute atomic E-state index is 0.121. The Hall–Kier alpha value is -2.58. The number of anilines is 2. The zero-order valence-electron chi connectivity index (χ0n) is 17.2. The highest BCUT2D eigenvalue weighted by molar-refractivity contribution is 6.36. The molecule has 1 saturated heterocycles. The zero-order valence-corrected chi connectivity index (χ0v) is 18.7. The van der Waals surface area contributed by atoms with Gasteiger partial charge in [-0.05, 0) is 35.4 Å². The molecule has 0 aliphatic carbocycles. The number of carbonyl (C=O) groups is 2. The van der Waals surface area contributed by atoms with Gasteiger partial charge in [-0.15, -0.1) is 0 Å². The minimum atomic E-state index is -1.02. The standard InChI is InChI=1S/C23H23Cl2N3O4/c24-16-11-18(25)22-15(9-20(23(30)31)27-19(22)12-16)10-21(29)26-17-3-1-14(2-4-17)13-28-5-7-32-8-6-28/h1-4,10-12,20,27H,5-9,13H2,(H,26,29)(H,30,31). The van der Waals surface area contributed by atoms with Crippen LogP contribution >= 0.6 is 23.2 Å². The molecule has 7 nitrogen and oxygen atoms in total. The lowest BCUT2D eigenvalue weighted by atomic mass is 9.92. The molecule has 0 aromatic heterocycles. The summed E-state index contributed by atoms with van der Waals surface area (Å²) < 4.78 is 5.37. The van der Waals surface area contributed by atoms with Crippen molar-refractivity contribution < 1.29 is 19.4 Å². The number of ether oxygens (including phenoxy) is 1. The second-order valence-corrected chi connectivity index (χ2v) is 8.64. The van der Waals surface area contributed by atoms with E-state index in [0.717, 1.165) is 38.4 Å². The van der Waals surface area contributed by atoms with Crippen LogP contribution in [-0.2, 0) is 20.9 Å². The SMILES string of the molecule is O=C(C=C1CC(C(=O)O)Nc2cc(Cl)cc(Cl)c21)Nc1ccc(CN2CCOCC2)cc1. The van der Waals surface area contributed by atoms with Crippen molar-refractivity contribution in [1.82, 2.24) is 4.90 Å². The Morgan fingerprint density at radius 2 is 1.91 bits per heavy atom. The van der Waals surface area contributed by atoms with Crippen molar-refractivity contribution in [2.45, 2.75) is 19.0 Å². The lowest BCUT2D eigenvalue weighted by Gasteiger charge is -2.27. The van der Waals surface area contributed by atoms with Gasteiger partial charge < -0.3 is 20.5 Å². The zero-order chi connectivity index (χ0) is 22.7. The van der Waals surface area contributed by atoms with Gasteiger partial charge in [0.05, 0.1) is 18.2 Å². The maximum absolute atomic E-state index is 12.7. The van der Waals surface area contributed by atoms with E-state index in [-0.39, 0.29) is 12.3 Å². The summed E-state index contributed by atoms with van der Waals surface area (Å²) in [5.74, 6) is -1.38. The number of carboxylic acid groups (broad SMARTS) is 1. The topological polar surface area (TPSA) is 90.9 Å². The van der Waals surface area contributed by atoms with Crippen LogP contribution in [0, 0.1) is 0 Å². The van der Waals surface area contributed by atoms with Gasteiger partial charge in [0.2, 0.25) is 5.91 Å². The molecule has 2 aliphatic heterocycles.